The fourth-order valence-electron chi connectivity index (χ4n) is 0. The summed E-state index contributed by atoms with van der Waals surface area (Å²) in [5, 5.41) is 0. The van der Waals surface area contributed by atoms with Crippen LogP contribution in [0.1, 0.15) is 0 Å². The number of carbonyl (C=O) groups excluding carboxylic acids is 1. The minimum atomic E-state index is -0.833. The normalized spacial score (nSPS) is 6.00. The van der Waals surface area contributed by atoms with E-state index in [4.69, 9.17) is 4.79 Å². The van der Waals surface area contributed by atoms with Gasteiger partial charge in [-0.15, -0.1) is 0 Å². The summed E-state index contributed by atoms with van der Waals surface area (Å²) in [4.78, 5) is 9.00. The number of hydrogen-bond donors (Lipinski definition) is 2. The van der Waals surface area contributed by atoms with Crippen molar-refractivity contribution in [3.63, 3.8) is 0 Å². The quantitative estimate of drug-likeness (QED) is 0.275. The molecule has 4 heavy (non-hydrogen) atoms. The smallest absolute Gasteiger partial charge is 0.309 e. The van der Waals surface area contributed by atoms with Crippen molar-refractivity contribution in [1.82, 2.24) is 0 Å². The van der Waals surface area contributed by atoms with E-state index < -0.39 is 6.03 Å². The molecular weight excluding hydrogens is 58.0 g/mol. The highest BCUT2D eigenvalue weighted by molar-refractivity contribution is 5.69. The summed E-state index contributed by atoms with van der Waals surface area (Å²) in [6.45, 7) is 0. The van der Waals surface area contributed by atoms with Crippen LogP contribution in [0.5, 0.6) is 0 Å². The Balaban J connectivity index is 2.80. The van der Waals surface area contributed by atoms with Crippen LogP contribution in [0.2, 0.25) is 0 Å². The fraction of sp³-hybridized carbons (Fsp3) is 0. The molecule has 0 spiro atoms. The maximum absolute atomic E-state index is 9.00. The Labute approximate surface area is 23.6 Å². The highest BCUT2D eigenvalue weighted by atomic mass is 16.2. The van der Waals surface area contributed by atoms with Crippen LogP contribution in [0.4, 0.5) is 4.79 Å². The van der Waals surface area contributed by atoms with Crippen LogP contribution in [-0.4, -0.2) is 6.03 Å². The first-order valence-corrected chi connectivity index (χ1v) is 0.781. The number of amides is 2. The monoisotopic (exact) mass is 62.0 g/mol. The van der Waals surface area contributed by atoms with Crippen molar-refractivity contribution in [1.29, 1.82) is 0 Å². The third-order valence-corrected chi connectivity index (χ3v) is 0. The maximum Gasteiger partial charge on any atom is 0.309 e. The van der Waals surface area contributed by atoms with E-state index in [9.17, 15) is 0 Å². The first kappa shape index (κ1) is 3.27. The lowest BCUT2D eigenvalue weighted by Crippen LogP contribution is -2.18. The number of rotatable bonds is 0. The Morgan fingerprint density at radius 1 is 1.50 bits per heavy atom. The van der Waals surface area contributed by atoms with E-state index in [0.717, 1.165) is 0 Å². The van der Waals surface area contributed by atoms with Gasteiger partial charge in [0.15, 0.2) is 0 Å². The lowest BCUT2D eigenvalue weighted by Gasteiger charge is -1.62. The molecule has 0 aliphatic rings. The lowest BCUT2D eigenvalue weighted by molar-refractivity contribution is 0.256. The van der Waals surface area contributed by atoms with Gasteiger partial charge in [-0.3, -0.25) is 0 Å². The molecule has 0 atom stereocenters. The standard InChI is InChI=1S/CH4N2O/c2-1(3)4/h(H4,2,3,4)/i1+1,2+1. The van der Waals surface area contributed by atoms with Crippen LogP contribution in [0.25, 0.3) is 0 Å². The van der Waals surface area contributed by atoms with Crippen molar-refractivity contribution >= 4 is 6.03 Å². The summed E-state index contributed by atoms with van der Waals surface area (Å²) in [6.07, 6.45) is 0. The topological polar surface area (TPSA) is 69.1 Å². The largest absolute Gasteiger partial charge is 0.352 e. The summed E-state index contributed by atoms with van der Waals surface area (Å²) in [6, 6.07) is -0.833. The lowest BCUT2D eigenvalue weighted by atomic mass is 12.0. The van der Waals surface area contributed by atoms with Gasteiger partial charge in [0.1, 0.15) is 0 Å². The molecule has 0 aliphatic heterocycles. The molecule has 0 unspecified atom stereocenters. The Morgan fingerprint density at radius 2 is 1.50 bits per heavy atom. The van der Waals surface area contributed by atoms with Crippen molar-refractivity contribution < 1.29 is 4.79 Å². The zero-order valence-corrected chi connectivity index (χ0v) is 2.06. The second kappa shape index (κ2) is 0.711. The maximum atomic E-state index is 9.00. The van der Waals surface area contributed by atoms with Gasteiger partial charge in [-0.05, 0) is 0 Å². The summed E-state index contributed by atoms with van der Waals surface area (Å²) in [5.41, 5.74) is 8.50. The molecule has 0 fully saturated rings. The van der Waals surface area contributed by atoms with Crippen LogP contribution >= 0.6 is 0 Å². The van der Waals surface area contributed by atoms with Gasteiger partial charge in [-0.2, -0.15) is 0 Å². The van der Waals surface area contributed by atoms with Crippen molar-refractivity contribution in [3.05, 3.63) is 0 Å². The van der Waals surface area contributed by atoms with Crippen LogP contribution in [0, 0.1) is 0 Å². The van der Waals surface area contributed by atoms with E-state index in [2.05, 4.69) is 11.5 Å². The van der Waals surface area contributed by atoms with E-state index in [0.29, 0.717) is 0 Å². The third-order valence-electron chi connectivity index (χ3n) is 0. The summed E-state index contributed by atoms with van der Waals surface area (Å²) in [5.74, 6) is 0. The Kier molecular flexibility index (Phi) is 0.581. The molecule has 3 heteroatoms. The Morgan fingerprint density at radius 3 is 1.50 bits per heavy atom. The summed E-state index contributed by atoms with van der Waals surface area (Å²) >= 11 is 0. The average molecular weight is 62.0 g/mol. The van der Waals surface area contributed by atoms with Crippen LogP contribution in [-0.2, 0) is 0 Å². The molecule has 0 heterocycles. The van der Waals surface area contributed by atoms with Crippen LogP contribution in [0.15, 0.2) is 0 Å². The van der Waals surface area contributed by atoms with Crippen molar-refractivity contribution in [3.8, 4) is 0 Å². The molecule has 0 aromatic carbocycles. The van der Waals surface area contributed by atoms with E-state index in [1.165, 1.54) is 0 Å². The molecule has 0 aromatic heterocycles. The zero-order chi connectivity index (χ0) is 3.58. The number of primary amides is 2. The van der Waals surface area contributed by atoms with Gasteiger partial charge in [0, 0.05) is 0 Å². The molecule has 0 aliphatic carbocycles. The Bertz CT molecular complexity index is 29.0. The second-order valence-corrected chi connectivity index (χ2v) is 0.402. The SMILES string of the molecule is N[13C]([15NH2])=O. The predicted molar refractivity (Wildman–Crippen MR) is 13.8 cm³/mol. The second-order valence-electron chi connectivity index (χ2n) is 0.402. The fourth-order valence-corrected chi connectivity index (χ4v) is 0. The molecule has 2 amide bonds. The van der Waals surface area contributed by atoms with Gasteiger partial charge in [-0.1, -0.05) is 0 Å². The van der Waals surface area contributed by atoms with Gasteiger partial charge in [0.05, 0.1) is 0 Å². The highest BCUT2D eigenvalue weighted by Crippen LogP contribution is 1.25. The molecule has 0 saturated heterocycles. The van der Waals surface area contributed by atoms with Gasteiger partial charge < -0.3 is 11.5 Å². The molecule has 0 aromatic rings. The molecule has 24 valence electrons. The minimum absolute atomic E-state index is 0.833. The molecule has 0 radical (unpaired) electrons. The first-order chi connectivity index (χ1) is 1.73. The first-order valence-electron chi connectivity index (χ1n) is 0.781. The van der Waals surface area contributed by atoms with Gasteiger partial charge in [0.2, 0.25) is 0 Å². The van der Waals surface area contributed by atoms with E-state index in [1.807, 2.05) is 0 Å². The third kappa shape index (κ3) is 0.174. The molecular formula is CH4N2O. The number of nitrogens with two attached hydrogens (primary N) is 2. The molecule has 0 rings (SSSR count). The number of carbonyl (C=O) groups is 1. The molecule has 0 bridgehead atoms. The van der Waals surface area contributed by atoms with Gasteiger partial charge in [-0.25, -0.2) is 4.79 Å². The summed E-state index contributed by atoms with van der Waals surface area (Å²) in [7, 11) is 0. The zero-order valence-electron chi connectivity index (χ0n) is 2.06. The van der Waals surface area contributed by atoms with Crippen molar-refractivity contribution in [2.45, 2.75) is 0 Å². The van der Waals surface area contributed by atoms with Crippen LogP contribution < -0.4 is 11.5 Å². The van der Waals surface area contributed by atoms with E-state index >= 15 is 0 Å². The van der Waals surface area contributed by atoms with Crippen LogP contribution in [0.3, 0.4) is 0 Å². The molecule has 3 nitrogen and oxygen atoms in total. The van der Waals surface area contributed by atoms with E-state index in [1.54, 1.807) is 0 Å². The van der Waals surface area contributed by atoms with Gasteiger partial charge in [0.25, 0.3) is 0 Å². The van der Waals surface area contributed by atoms with Gasteiger partial charge >= 0.3 is 6.03 Å². The number of urea groups is 1. The molecule has 4 N–H and O–H groups in total. The molecule has 0 saturated carbocycles. The summed E-state index contributed by atoms with van der Waals surface area (Å²) < 4.78 is 0. The average Bonchev–Trinajstić information content (AvgIpc) is 0.811. The van der Waals surface area contributed by atoms with Crippen molar-refractivity contribution in [2.75, 3.05) is 0 Å². The number of hydrogen-bond acceptors (Lipinski definition) is 1. The highest BCUT2D eigenvalue weighted by Gasteiger charge is 1.60. The van der Waals surface area contributed by atoms with Crippen molar-refractivity contribution in [2.24, 2.45) is 11.5 Å². The minimum Gasteiger partial charge on any atom is -0.352 e. The predicted octanol–water partition coefficient (Wildman–Crippen LogP) is -0.976. The Hall–Kier alpha value is -0.730. The van der Waals surface area contributed by atoms with E-state index in [-0.39, 0.29) is 0 Å².